The Morgan fingerprint density at radius 2 is 1.76 bits per heavy atom. The van der Waals surface area contributed by atoms with E-state index in [1.165, 1.54) is 34.7 Å². The molecule has 2 fully saturated rings. The molecule has 6 nitrogen and oxygen atoms in total. The van der Waals surface area contributed by atoms with Crippen LogP contribution in [0, 0.1) is 5.92 Å². The highest BCUT2D eigenvalue weighted by Crippen LogP contribution is 2.34. The molecule has 1 unspecified atom stereocenters. The Kier molecular flexibility index (Phi) is 6.00. The molecule has 1 amide bonds. The quantitative estimate of drug-likeness (QED) is 0.709. The predicted molar refractivity (Wildman–Crippen MR) is 113 cm³/mol. The van der Waals surface area contributed by atoms with Crippen LogP contribution in [0.2, 0.25) is 0 Å². The van der Waals surface area contributed by atoms with Gasteiger partial charge in [0.1, 0.15) is 0 Å². The minimum atomic E-state index is -3.50. The molecule has 160 valence electrons. The number of likely N-dealkylation sites (N-methyl/N-ethyl adjacent to an activating group) is 1. The van der Waals surface area contributed by atoms with Crippen LogP contribution < -0.4 is 0 Å². The molecule has 29 heavy (non-hydrogen) atoms. The lowest BCUT2D eigenvalue weighted by Crippen LogP contribution is -2.52. The van der Waals surface area contributed by atoms with Crippen molar-refractivity contribution < 1.29 is 13.2 Å². The van der Waals surface area contributed by atoms with Crippen LogP contribution in [0.1, 0.15) is 43.7 Å². The van der Waals surface area contributed by atoms with E-state index >= 15 is 0 Å². The summed E-state index contributed by atoms with van der Waals surface area (Å²) in [6, 6.07) is 6.04. The zero-order valence-electron chi connectivity index (χ0n) is 17.6. The van der Waals surface area contributed by atoms with Crippen molar-refractivity contribution in [2.24, 2.45) is 5.92 Å². The van der Waals surface area contributed by atoms with Crippen molar-refractivity contribution in [1.82, 2.24) is 14.1 Å². The van der Waals surface area contributed by atoms with Gasteiger partial charge in [-0.2, -0.15) is 4.31 Å². The molecule has 1 saturated carbocycles. The number of carbonyl (C=O) groups is 1. The average Bonchev–Trinajstić information content (AvgIpc) is 3.58. The third-order valence-electron chi connectivity index (χ3n) is 6.93. The minimum Gasteiger partial charge on any atom is -0.339 e. The van der Waals surface area contributed by atoms with Gasteiger partial charge in [0.05, 0.1) is 11.4 Å². The molecule has 3 aliphatic rings. The lowest BCUT2D eigenvalue weighted by molar-refractivity contribution is -0.133. The van der Waals surface area contributed by atoms with Crippen LogP contribution in [-0.2, 0) is 27.7 Å². The zero-order valence-corrected chi connectivity index (χ0v) is 18.5. The minimum absolute atomic E-state index is 0.103. The van der Waals surface area contributed by atoms with Gasteiger partial charge in [-0.25, -0.2) is 8.42 Å². The van der Waals surface area contributed by atoms with E-state index in [4.69, 9.17) is 0 Å². The molecule has 0 N–H and O–H groups in total. The average molecular weight is 420 g/mol. The second-order valence-electron chi connectivity index (χ2n) is 8.92. The Labute approximate surface area is 174 Å². The van der Waals surface area contributed by atoms with Crippen LogP contribution in [0.3, 0.4) is 0 Å². The first-order valence-corrected chi connectivity index (χ1v) is 12.4. The second-order valence-corrected chi connectivity index (χ2v) is 10.9. The highest BCUT2D eigenvalue weighted by molar-refractivity contribution is 7.89. The molecule has 1 saturated heterocycles. The van der Waals surface area contributed by atoms with Crippen molar-refractivity contribution in [2.75, 3.05) is 39.8 Å². The lowest BCUT2D eigenvalue weighted by atomic mass is 9.92. The molecule has 1 aromatic rings. The molecule has 1 atom stereocenters. The predicted octanol–water partition coefficient (Wildman–Crippen LogP) is 2.13. The number of amides is 1. The third kappa shape index (κ3) is 4.52. The molecule has 7 heteroatoms. The van der Waals surface area contributed by atoms with Gasteiger partial charge >= 0.3 is 0 Å². The second kappa shape index (κ2) is 8.36. The Bertz CT molecular complexity index is 858. The highest BCUT2D eigenvalue weighted by Gasteiger charge is 2.33. The summed E-state index contributed by atoms with van der Waals surface area (Å²) < 4.78 is 27.8. The van der Waals surface area contributed by atoms with Gasteiger partial charge in [0.2, 0.25) is 15.9 Å². The van der Waals surface area contributed by atoms with Gasteiger partial charge in [-0.1, -0.05) is 6.07 Å². The summed E-state index contributed by atoms with van der Waals surface area (Å²) in [5, 5.41) is 0. The van der Waals surface area contributed by atoms with E-state index in [0.717, 1.165) is 25.2 Å². The summed E-state index contributed by atoms with van der Waals surface area (Å²) >= 11 is 0. The van der Waals surface area contributed by atoms with Crippen molar-refractivity contribution in [3.63, 3.8) is 0 Å². The maximum atomic E-state index is 13.1. The highest BCUT2D eigenvalue weighted by atomic mass is 32.2. The standard InChI is InChI=1S/C22H33N3O3S/c1-17(18-7-8-18)23(2)16-22(26)24-11-13-25(14-12-24)29(27,28)21-10-9-19-5-3-4-6-20(19)15-21/h9-10,15,17-18H,3-8,11-14,16H2,1-2H3. The molecular formula is C22H33N3O3S. The molecule has 0 spiro atoms. The molecular weight excluding hydrogens is 386 g/mol. The van der Waals surface area contributed by atoms with Crippen LogP contribution in [0.25, 0.3) is 0 Å². The van der Waals surface area contributed by atoms with Crippen molar-refractivity contribution in [3.05, 3.63) is 29.3 Å². The van der Waals surface area contributed by atoms with Crippen LogP contribution in [-0.4, -0.2) is 74.2 Å². The summed E-state index contributed by atoms with van der Waals surface area (Å²) in [4.78, 5) is 17.0. The fraction of sp³-hybridized carbons (Fsp3) is 0.682. The van der Waals surface area contributed by atoms with E-state index in [0.29, 0.717) is 43.7 Å². The van der Waals surface area contributed by atoms with Crippen molar-refractivity contribution in [3.8, 4) is 0 Å². The number of piperazine rings is 1. The monoisotopic (exact) mass is 419 g/mol. The number of sulfonamides is 1. The number of aryl methyl sites for hydroxylation is 2. The molecule has 1 aliphatic heterocycles. The van der Waals surface area contributed by atoms with Crippen LogP contribution in [0.5, 0.6) is 0 Å². The van der Waals surface area contributed by atoms with Crippen LogP contribution in [0.15, 0.2) is 23.1 Å². The molecule has 0 radical (unpaired) electrons. The summed E-state index contributed by atoms with van der Waals surface area (Å²) in [6.07, 6.45) is 6.85. The van der Waals surface area contributed by atoms with Gasteiger partial charge in [-0.15, -0.1) is 0 Å². The van der Waals surface area contributed by atoms with E-state index in [1.807, 2.05) is 24.1 Å². The van der Waals surface area contributed by atoms with Crippen molar-refractivity contribution in [1.29, 1.82) is 0 Å². The molecule has 4 rings (SSSR count). The number of benzene rings is 1. The van der Waals surface area contributed by atoms with Crippen molar-refractivity contribution in [2.45, 2.75) is 56.4 Å². The Morgan fingerprint density at radius 1 is 1.10 bits per heavy atom. The van der Waals surface area contributed by atoms with E-state index in [2.05, 4.69) is 11.8 Å². The summed E-state index contributed by atoms with van der Waals surface area (Å²) in [7, 11) is -1.49. The van der Waals surface area contributed by atoms with Crippen LogP contribution in [0.4, 0.5) is 0 Å². The van der Waals surface area contributed by atoms with Gasteiger partial charge in [0.15, 0.2) is 0 Å². The van der Waals surface area contributed by atoms with E-state index < -0.39 is 10.0 Å². The first-order valence-electron chi connectivity index (χ1n) is 11.0. The maximum absolute atomic E-state index is 13.1. The smallest absolute Gasteiger partial charge is 0.243 e. The van der Waals surface area contributed by atoms with Gasteiger partial charge in [-0.05, 0) is 81.7 Å². The molecule has 0 aromatic heterocycles. The van der Waals surface area contributed by atoms with E-state index in [1.54, 1.807) is 6.07 Å². The van der Waals surface area contributed by atoms with Crippen LogP contribution >= 0.6 is 0 Å². The number of fused-ring (bicyclic) bond motifs is 1. The Balaban J connectivity index is 1.35. The summed E-state index contributed by atoms with van der Waals surface area (Å²) in [5.41, 5.74) is 2.47. The number of carbonyl (C=O) groups excluding carboxylic acids is 1. The Morgan fingerprint density at radius 3 is 2.41 bits per heavy atom. The van der Waals surface area contributed by atoms with E-state index in [9.17, 15) is 13.2 Å². The number of hydrogen-bond acceptors (Lipinski definition) is 4. The lowest BCUT2D eigenvalue weighted by Gasteiger charge is -2.35. The number of hydrogen-bond donors (Lipinski definition) is 0. The first-order chi connectivity index (χ1) is 13.9. The van der Waals surface area contributed by atoms with Gasteiger partial charge in [0.25, 0.3) is 0 Å². The molecule has 1 aromatic carbocycles. The third-order valence-corrected chi connectivity index (χ3v) is 8.83. The SMILES string of the molecule is CC(C1CC1)N(C)CC(=O)N1CCN(S(=O)(=O)c2ccc3c(c2)CCCC3)CC1. The molecule has 0 bridgehead atoms. The Hall–Kier alpha value is -1.44. The molecule has 1 heterocycles. The van der Waals surface area contributed by atoms with E-state index in [-0.39, 0.29) is 5.91 Å². The number of nitrogens with zero attached hydrogens (tertiary/aromatic N) is 3. The fourth-order valence-corrected chi connectivity index (χ4v) is 6.07. The fourth-order valence-electron chi connectivity index (χ4n) is 4.59. The van der Waals surface area contributed by atoms with Gasteiger partial charge in [0, 0.05) is 32.2 Å². The summed E-state index contributed by atoms with van der Waals surface area (Å²) in [5.74, 6) is 0.831. The molecule has 2 aliphatic carbocycles. The maximum Gasteiger partial charge on any atom is 0.243 e. The van der Waals surface area contributed by atoms with Crippen molar-refractivity contribution >= 4 is 15.9 Å². The summed E-state index contributed by atoms with van der Waals surface area (Å²) in [6.45, 7) is 4.27. The normalized spacial score (nSPS) is 21.8. The zero-order chi connectivity index (χ0) is 20.6. The topological polar surface area (TPSA) is 60.9 Å². The largest absolute Gasteiger partial charge is 0.339 e. The number of rotatable bonds is 6. The van der Waals surface area contributed by atoms with Gasteiger partial charge in [-0.3, -0.25) is 9.69 Å². The first kappa shape index (κ1) is 20.8. The van der Waals surface area contributed by atoms with Gasteiger partial charge < -0.3 is 4.90 Å².